The van der Waals surface area contributed by atoms with E-state index in [-0.39, 0.29) is 32.5 Å². The second-order valence-corrected chi connectivity index (χ2v) is 25.0. The maximum Gasteiger partial charge on any atom is 0.0467 e. The Morgan fingerprint density at radius 1 is 0.288 bits per heavy atom. The van der Waals surface area contributed by atoms with Gasteiger partial charge in [0.1, 0.15) is 0 Å². The van der Waals surface area contributed by atoms with Crippen molar-refractivity contribution >= 4 is 17.1 Å². The number of rotatable bonds is 6. The van der Waals surface area contributed by atoms with Crippen LogP contribution in [0.3, 0.4) is 0 Å². The van der Waals surface area contributed by atoms with Crippen molar-refractivity contribution in [2.75, 3.05) is 4.90 Å². The van der Waals surface area contributed by atoms with E-state index < -0.39 is 0 Å². The topological polar surface area (TPSA) is 3.24 Å². The third kappa shape index (κ3) is 9.21. The molecule has 1 heteroatoms. The second kappa shape index (κ2) is 16.3. The Hall–Kier alpha value is -5.66. The van der Waals surface area contributed by atoms with Crippen LogP contribution in [0.2, 0.25) is 0 Å². The van der Waals surface area contributed by atoms with Gasteiger partial charge in [-0.3, -0.25) is 0 Å². The van der Waals surface area contributed by atoms with Crippen LogP contribution in [0.1, 0.15) is 157 Å². The lowest BCUT2D eigenvalue weighted by Gasteiger charge is -2.32. The molecule has 0 bridgehead atoms. The summed E-state index contributed by atoms with van der Waals surface area (Å²) >= 11 is 0. The van der Waals surface area contributed by atoms with Crippen molar-refractivity contribution in [3.8, 4) is 44.5 Å². The van der Waals surface area contributed by atoms with Gasteiger partial charge in [-0.15, -0.1) is 0 Å². The number of anilines is 3. The van der Waals surface area contributed by atoms with Gasteiger partial charge in [0.25, 0.3) is 0 Å². The molecule has 0 amide bonds. The predicted molar refractivity (Wildman–Crippen MR) is 288 cm³/mol. The lowest BCUT2D eigenvalue weighted by atomic mass is 9.78. The van der Waals surface area contributed by atoms with E-state index in [1.54, 1.807) is 0 Å². The van der Waals surface area contributed by atoms with Crippen LogP contribution >= 0.6 is 0 Å². The zero-order chi connectivity index (χ0) is 47.9. The molecule has 340 valence electrons. The average Bonchev–Trinajstić information content (AvgIpc) is 3.47. The van der Waals surface area contributed by atoms with Crippen LogP contribution in [0.5, 0.6) is 0 Å². The highest BCUT2D eigenvalue weighted by molar-refractivity contribution is 5.87. The van der Waals surface area contributed by atoms with E-state index in [2.05, 4.69) is 268 Å². The summed E-state index contributed by atoms with van der Waals surface area (Å²) in [6, 6.07) is 56.3. The third-order valence-corrected chi connectivity index (χ3v) is 14.2. The van der Waals surface area contributed by atoms with E-state index in [1.807, 2.05) is 0 Å². The van der Waals surface area contributed by atoms with Crippen molar-refractivity contribution in [3.05, 3.63) is 185 Å². The van der Waals surface area contributed by atoms with E-state index in [4.69, 9.17) is 0 Å². The molecule has 0 unspecified atom stereocenters. The number of hydrogen-bond donors (Lipinski definition) is 0. The Morgan fingerprint density at radius 2 is 0.667 bits per heavy atom. The summed E-state index contributed by atoms with van der Waals surface area (Å²) in [6.45, 7) is 39.7. The fourth-order valence-corrected chi connectivity index (χ4v) is 9.64. The van der Waals surface area contributed by atoms with Gasteiger partial charge in [0, 0.05) is 22.5 Å². The highest BCUT2D eigenvalue weighted by Crippen LogP contribution is 2.51. The molecule has 7 aromatic carbocycles. The van der Waals surface area contributed by atoms with Crippen molar-refractivity contribution in [3.63, 3.8) is 0 Å². The first-order valence-corrected chi connectivity index (χ1v) is 24.3. The average molecular weight is 870 g/mol. The molecule has 66 heavy (non-hydrogen) atoms. The summed E-state index contributed by atoms with van der Waals surface area (Å²) in [5.41, 5.74) is 23.0. The zero-order valence-corrected chi connectivity index (χ0v) is 43.3. The number of benzene rings is 7. The van der Waals surface area contributed by atoms with Gasteiger partial charge >= 0.3 is 0 Å². The number of nitrogens with zero attached hydrogens (tertiary/aromatic N) is 1. The van der Waals surface area contributed by atoms with Crippen LogP contribution in [0.25, 0.3) is 44.5 Å². The van der Waals surface area contributed by atoms with Gasteiger partial charge in [-0.1, -0.05) is 215 Å². The molecule has 7 aromatic rings. The number of hydrogen-bond acceptors (Lipinski definition) is 1. The Kier molecular flexibility index (Phi) is 11.6. The first-order valence-electron chi connectivity index (χ1n) is 24.3. The monoisotopic (exact) mass is 870 g/mol. The van der Waals surface area contributed by atoms with Gasteiger partial charge in [-0.25, -0.2) is 0 Å². The molecule has 0 aromatic heterocycles. The number of fused-ring (bicyclic) bond motifs is 3. The summed E-state index contributed by atoms with van der Waals surface area (Å²) in [6.07, 6.45) is 0. The molecule has 1 aliphatic carbocycles. The van der Waals surface area contributed by atoms with Crippen LogP contribution in [-0.4, -0.2) is 0 Å². The Labute approximate surface area is 399 Å². The summed E-state index contributed by atoms with van der Waals surface area (Å²) in [5, 5.41) is 0. The van der Waals surface area contributed by atoms with Crippen LogP contribution in [0.15, 0.2) is 146 Å². The third-order valence-electron chi connectivity index (χ3n) is 14.2. The molecule has 1 nitrogen and oxygen atoms in total. The predicted octanol–water partition coefficient (Wildman–Crippen LogP) is 19.0. The summed E-state index contributed by atoms with van der Waals surface area (Å²) in [7, 11) is 0. The smallest absolute Gasteiger partial charge is 0.0467 e. The highest BCUT2D eigenvalue weighted by atomic mass is 15.1. The fraction of sp³-hybridized carbons (Fsp3) is 0.354. The maximum atomic E-state index is 2.51. The molecule has 8 rings (SSSR count). The van der Waals surface area contributed by atoms with Gasteiger partial charge in [0.2, 0.25) is 0 Å². The molecule has 0 fully saturated rings. The minimum atomic E-state index is -0.117. The van der Waals surface area contributed by atoms with E-state index in [9.17, 15) is 0 Å². The fourth-order valence-electron chi connectivity index (χ4n) is 9.64. The molecule has 0 aliphatic heterocycles. The molecule has 0 atom stereocenters. The van der Waals surface area contributed by atoms with Crippen molar-refractivity contribution in [1.82, 2.24) is 0 Å². The van der Waals surface area contributed by atoms with Gasteiger partial charge in [0.15, 0.2) is 0 Å². The molecule has 0 heterocycles. The molecule has 0 radical (unpaired) electrons. The van der Waals surface area contributed by atoms with Crippen LogP contribution in [-0.2, 0) is 32.5 Å². The maximum absolute atomic E-state index is 2.51. The van der Waals surface area contributed by atoms with Crippen LogP contribution < -0.4 is 4.90 Å². The molecular weight excluding hydrogens is 795 g/mol. The van der Waals surface area contributed by atoms with E-state index in [0.717, 1.165) is 5.69 Å². The van der Waals surface area contributed by atoms with Gasteiger partial charge in [-0.05, 0) is 159 Å². The Balaban J connectivity index is 1.28. The first kappa shape index (κ1) is 46.9. The molecule has 0 saturated heterocycles. The van der Waals surface area contributed by atoms with Gasteiger partial charge < -0.3 is 4.90 Å². The summed E-state index contributed by atoms with van der Waals surface area (Å²) in [5.74, 6) is 0. The van der Waals surface area contributed by atoms with Crippen molar-refractivity contribution in [1.29, 1.82) is 0 Å². The Bertz CT molecular complexity index is 2890. The standard InChI is InChI=1S/C65H75N/c1-60(2,3)48-32-45(31-46(33-48)47-34-49(61(4,5)6)37-50(35-47)62(7,8)9)43-23-20-22-42(30-43)44-24-21-25-53(36-44)66(55-39-51(63(10,11)12)38-52(40-55)64(13,14)15)54-28-29-57-56-26-18-19-27-58(56)65(16,17)59(57)41-54/h18-41H,1-17H3. The minimum Gasteiger partial charge on any atom is -0.310 e. The summed E-state index contributed by atoms with van der Waals surface area (Å²) < 4.78 is 0. The zero-order valence-electron chi connectivity index (χ0n) is 43.3. The first-order chi connectivity index (χ1) is 30.6. The van der Waals surface area contributed by atoms with Gasteiger partial charge in [0.05, 0.1) is 0 Å². The largest absolute Gasteiger partial charge is 0.310 e. The quantitative estimate of drug-likeness (QED) is 0.161. The molecule has 0 spiro atoms. The lowest BCUT2D eigenvalue weighted by Crippen LogP contribution is -2.19. The SMILES string of the molecule is CC(C)(C)c1cc(-c2cccc(-c3cccc(N(c4cc(C(C)(C)C)cc(C(C)(C)C)c4)c4ccc5c(c4)C(C)(C)c4ccccc4-5)c3)c2)cc(-c2cc(C(C)(C)C)cc(C(C)(C)C)c2)c1. The Morgan fingerprint density at radius 3 is 1.20 bits per heavy atom. The van der Waals surface area contributed by atoms with E-state index >= 15 is 0 Å². The minimum absolute atomic E-state index is 0.0264. The molecule has 0 N–H and O–H groups in total. The molecular formula is C65H75N. The van der Waals surface area contributed by atoms with Crippen LogP contribution in [0.4, 0.5) is 17.1 Å². The molecule has 0 saturated carbocycles. The normalized spacial score (nSPS) is 14.0. The van der Waals surface area contributed by atoms with Crippen molar-refractivity contribution in [2.45, 2.75) is 150 Å². The highest BCUT2D eigenvalue weighted by Gasteiger charge is 2.36. The van der Waals surface area contributed by atoms with E-state index in [1.165, 1.54) is 94.8 Å². The van der Waals surface area contributed by atoms with Crippen LogP contribution in [0, 0.1) is 0 Å². The lowest BCUT2D eigenvalue weighted by molar-refractivity contribution is 0.568. The summed E-state index contributed by atoms with van der Waals surface area (Å²) in [4.78, 5) is 2.51. The second-order valence-electron chi connectivity index (χ2n) is 25.0. The van der Waals surface area contributed by atoms with Crippen molar-refractivity contribution in [2.24, 2.45) is 0 Å². The van der Waals surface area contributed by atoms with Crippen molar-refractivity contribution < 1.29 is 0 Å². The molecule has 1 aliphatic rings. The van der Waals surface area contributed by atoms with E-state index in [0.29, 0.717) is 0 Å². The van der Waals surface area contributed by atoms with Gasteiger partial charge in [-0.2, -0.15) is 0 Å².